The summed E-state index contributed by atoms with van der Waals surface area (Å²) in [6.45, 7) is 7.29. The Morgan fingerprint density at radius 1 is 1.00 bits per heavy atom. The second-order valence-corrected chi connectivity index (χ2v) is 12.9. The van der Waals surface area contributed by atoms with Crippen molar-refractivity contribution in [3.8, 4) is 6.07 Å². The number of nitrogens with zero attached hydrogens (tertiary/aromatic N) is 4. The Morgan fingerprint density at radius 2 is 1.67 bits per heavy atom. The smallest absolute Gasteiger partial charge is 0.255 e. The van der Waals surface area contributed by atoms with Gasteiger partial charge in [0.25, 0.3) is 11.8 Å². The zero-order chi connectivity index (χ0) is 33.6. The van der Waals surface area contributed by atoms with Crippen LogP contribution in [-0.2, 0) is 21.4 Å². The predicted molar refractivity (Wildman–Crippen MR) is 177 cm³/mol. The zero-order valence-corrected chi connectivity index (χ0v) is 27.2. The normalized spacial score (nSPS) is 14.4. The van der Waals surface area contributed by atoms with Gasteiger partial charge in [-0.05, 0) is 79.0 Å². The average molecular weight is 623 g/mol. The van der Waals surface area contributed by atoms with E-state index < -0.39 is 5.91 Å². The van der Waals surface area contributed by atoms with Crippen molar-refractivity contribution < 1.29 is 19.2 Å². The quantitative estimate of drug-likeness (QED) is 0.330. The summed E-state index contributed by atoms with van der Waals surface area (Å²) in [4.78, 5) is 57.2. The minimum atomic E-state index is -0.595. The molecule has 1 heterocycles. The summed E-state index contributed by atoms with van der Waals surface area (Å²) in [5, 5.41) is 11.9. The molecule has 1 aliphatic rings. The maximum Gasteiger partial charge on any atom is 0.255 e. The first-order valence-corrected chi connectivity index (χ1v) is 15.3. The molecule has 10 heteroatoms. The molecule has 3 N–H and O–H groups in total. The van der Waals surface area contributed by atoms with E-state index in [1.807, 2.05) is 43.3 Å². The Labute approximate surface area is 270 Å². The van der Waals surface area contributed by atoms with Gasteiger partial charge in [0.2, 0.25) is 11.8 Å². The van der Waals surface area contributed by atoms with Gasteiger partial charge in [-0.3, -0.25) is 19.2 Å². The van der Waals surface area contributed by atoms with Crippen molar-refractivity contribution in [2.75, 3.05) is 45.6 Å². The molecule has 240 valence electrons. The fourth-order valence-corrected chi connectivity index (χ4v) is 5.48. The molecule has 0 radical (unpaired) electrons. The third-order valence-corrected chi connectivity index (χ3v) is 8.17. The van der Waals surface area contributed by atoms with Crippen LogP contribution in [0.3, 0.4) is 0 Å². The molecule has 0 spiro atoms. The molecule has 0 saturated carbocycles. The molecule has 0 bridgehead atoms. The Bertz CT molecular complexity index is 1630. The number of anilines is 1. The van der Waals surface area contributed by atoms with Crippen LogP contribution in [0.1, 0.15) is 76.2 Å². The lowest BCUT2D eigenvalue weighted by atomic mass is 9.84. The van der Waals surface area contributed by atoms with Gasteiger partial charge in [-0.2, -0.15) is 5.26 Å². The molecule has 3 aromatic rings. The minimum absolute atomic E-state index is 0.0213. The van der Waals surface area contributed by atoms with E-state index in [-0.39, 0.29) is 48.7 Å². The second-order valence-electron chi connectivity index (χ2n) is 12.9. The molecule has 1 atom stereocenters. The third kappa shape index (κ3) is 8.37. The number of nitrogens with one attached hydrogen (secondary N) is 1. The van der Waals surface area contributed by atoms with Crippen LogP contribution >= 0.6 is 0 Å². The van der Waals surface area contributed by atoms with Crippen LogP contribution in [0.15, 0.2) is 66.7 Å². The Kier molecular flexibility index (Phi) is 10.6. The number of primary amides is 1. The Balaban J connectivity index is 1.61. The monoisotopic (exact) mass is 622 g/mol. The van der Waals surface area contributed by atoms with Crippen LogP contribution in [-0.4, -0.2) is 78.6 Å². The van der Waals surface area contributed by atoms with Crippen molar-refractivity contribution in [2.45, 2.75) is 45.1 Å². The largest absolute Gasteiger partial charge is 0.368 e. The number of carbonyl (C=O) groups excluding carboxylic acids is 4. The van der Waals surface area contributed by atoms with Crippen molar-refractivity contribution >= 4 is 29.3 Å². The van der Waals surface area contributed by atoms with Gasteiger partial charge in [-0.15, -0.1) is 0 Å². The molecule has 0 aromatic heterocycles. The van der Waals surface area contributed by atoms with Gasteiger partial charge in [0.1, 0.15) is 0 Å². The summed E-state index contributed by atoms with van der Waals surface area (Å²) < 4.78 is 0. The fraction of sp³-hybridized carbons (Fsp3) is 0.361. The molecule has 46 heavy (non-hydrogen) atoms. The number of nitriles is 1. The average Bonchev–Trinajstić information content (AvgIpc) is 3.02. The van der Waals surface area contributed by atoms with Gasteiger partial charge in [0.15, 0.2) is 0 Å². The van der Waals surface area contributed by atoms with Gasteiger partial charge in [-0.25, -0.2) is 0 Å². The molecule has 4 rings (SSSR count). The number of hydrogen-bond donors (Lipinski definition) is 2. The maximum absolute atomic E-state index is 14.2. The fourth-order valence-electron chi connectivity index (χ4n) is 5.48. The second kappa shape index (κ2) is 14.4. The van der Waals surface area contributed by atoms with E-state index in [0.717, 1.165) is 11.1 Å². The number of likely N-dealkylation sites (N-methyl/N-ethyl adjacent to an activating group) is 1. The summed E-state index contributed by atoms with van der Waals surface area (Å²) in [5.41, 5.74) is 10.1. The van der Waals surface area contributed by atoms with Crippen molar-refractivity contribution in [1.82, 2.24) is 14.7 Å². The first-order valence-electron chi connectivity index (χ1n) is 15.3. The topological polar surface area (TPSA) is 140 Å². The van der Waals surface area contributed by atoms with Crippen molar-refractivity contribution in [3.05, 3.63) is 100 Å². The molecular weight excluding hydrogens is 580 g/mol. The molecule has 0 saturated heterocycles. The van der Waals surface area contributed by atoms with E-state index in [1.165, 1.54) is 10.5 Å². The minimum Gasteiger partial charge on any atom is -0.368 e. The number of carbonyl (C=O) groups is 4. The SMILES string of the molecule is CN(C)CCN(CC(N)=O)C(=O)CCN1C(=O)c2cc(NC(=O)c3ccc(C#N)cc3)ccc2CC1c1ccc(C(C)(C)C)cc1. The van der Waals surface area contributed by atoms with Gasteiger partial charge < -0.3 is 25.8 Å². The zero-order valence-electron chi connectivity index (χ0n) is 27.2. The van der Waals surface area contributed by atoms with Crippen LogP contribution in [0.5, 0.6) is 0 Å². The van der Waals surface area contributed by atoms with Gasteiger partial charge in [0.05, 0.1) is 24.2 Å². The van der Waals surface area contributed by atoms with E-state index in [2.05, 4.69) is 38.2 Å². The number of amides is 4. The molecule has 4 amide bonds. The van der Waals surface area contributed by atoms with Gasteiger partial charge in [-0.1, -0.05) is 51.1 Å². The summed E-state index contributed by atoms with van der Waals surface area (Å²) in [6.07, 6.45) is 0.549. The summed E-state index contributed by atoms with van der Waals surface area (Å²) in [7, 11) is 3.76. The Hall–Kier alpha value is -5.01. The van der Waals surface area contributed by atoms with Gasteiger partial charge in [0, 0.05) is 42.9 Å². The first kappa shape index (κ1) is 33.9. The van der Waals surface area contributed by atoms with E-state index in [9.17, 15) is 19.2 Å². The maximum atomic E-state index is 14.2. The van der Waals surface area contributed by atoms with Crippen molar-refractivity contribution in [1.29, 1.82) is 5.26 Å². The molecule has 1 unspecified atom stereocenters. The van der Waals surface area contributed by atoms with Crippen LogP contribution in [0.2, 0.25) is 0 Å². The first-order chi connectivity index (χ1) is 21.8. The number of hydrogen-bond acceptors (Lipinski definition) is 6. The molecule has 0 fully saturated rings. The van der Waals surface area contributed by atoms with E-state index >= 15 is 0 Å². The van der Waals surface area contributed by atoms with Crippen LogP contribution < -0.4 is 11.1 Å². The van der Waals surface area contributed by atoms with Crippen LogP contribution in [0.25, 0.3) is 0 Å². The lowest BCUT2D eigenvalue weighted by Gasteiger charge is -2.38. The highest BCUT2D eigenvalue weighted by molar-refractivity contribution is 6.05. The van der Waals surface area contributed by atoms with E-state index in [4.69, 9.17) is 11.0 Å². The lowest BCUT2D eigenvalue weighted by molar-refractivity contribution is -0.135. The number of benzene rings is 3. The standard InChI is InChI=1S/C36H42N6O4/c1-36(2,3)28-13-10-25(11-14-28)31-20-27-12-15-29(39-34(45)26-8-6-24(22-37)7-9-26)21-30(27)35(46)42(31)17-16-33(44)41(23-32(38)43)19-18-40(4)5/h6-15,21,31H,16-20,23H2,1-5H3,(H2,38,43)(H,39,45). The summed E-state index contributed by atoms with van der Waals surface area (Å²) >= 11 is 0. The van der Waals surface area contributed by atoms with E-state index in [1.54, 1.807) is 41.3 Å². The van der Waals surface area contributed by atoms with Crippen molar-refractivity contribution in [2.24, 2.45) is 5.73 Å². The molecule has 3 aromatic carbocycles. The van der Waals surface area contributed by atoms with Gasteiger partial charge >= 0.3 is 0 Å². The highest BCUT2D eigenvalue weighted by Gasteiger charge is 2.34. The highest BCUT2D eigenvalue weighted by atomic mass is 16.2. The molecular formula is C36H42N6O4. The predicted octanol–water partition coefficient (Wildman–Crippen LogP) is 4.11. The number of nitrogens with two attached hydrogens (primary N) is 1. The highest BCUT2D eigenvalue weighted by Crippen LogP contribution is 2.36. The summed E-state index contributed by atoms with van der Waals surface area (Å²) in [5.74, 6) is -1.46. The van der Waals surface area contributed by atoms with Crippen molar-refractivity contribution in [3.63, 3.8) is 0 Å². The summed E-state index contributed by atoms with van der Waals surface area (Å²) in [6, 6.07) is 21.6. The third-order valence-electron chi connectivity index (χ3n) is 8.17. The number of fused-ring (bicyclic) bond motifs is 1. The van der Waals surface area contributed by atoms with E-state index in [0.29, 0.717) is 41.9 Å². The lowest BCUT2D eigenvalue weighted by Crippen LogP contribution is -2.45. The van der Waals surface area contributed by atoms with Crippen LogP contribution in [0, 0.1) is 11.3 Å². The molecule has 1 aliphatic heterocycles. The van der Waals surface area contributed by atoms with Crippen LogP contribution in [0.4, 0.5) is 5.69 Å². The molecule has 0 aliphatic carbocycles. The molecule has 10 nitrogen and oxygen atoms in total. The number of rotatable bonds is 11. The Morgan fingerprint density at radius 3 is 2.26 bits per heavy atom.